The minimum Gasteiger partial charge on any atom is -0.492 e. The van der Waals surface area contributed by atoms with Crippen LogP contribution in [0.3, 0.4) is 0 Å². The van der Waals surface area contributed by atoms with Gasteiger partial charge in [0, 0.05) is 12.2 Å². The first-order chi connectivity index (χ1) is 12.9. The normalized spacial score (nSPS) is 14.2. The molecule has 4 heteroatoms. The number of hydrogen-bond acceptors (Lipinski definition) is 2. The minimum atomic E-state index is -0.456. The molecule has 5 rings (SSSR count). The van der Waals surface area contributed by atoms with Crippen molar-refractivity contribution in [2.45, 2.75) is 5.60 Å². The van der Waals surface area contributed by atoms with Crippen LogP contribution in [0.4, 0.5) is 0 Å². The van der Waals surface area contributed by atoms with Crippen molar-refractivity contribution in [2.24, 2.45) is 0 Å². The van der Waals surface area contributed by atoms with Crippen LogP contribution < -0.4 is 5.21 Å². The van der Waals surface area contributed by atoms with E-state index in [9.17, 15) is 0 Å². The van der Waals surface area contributed by atoms with Gasteiger partial charge in [-0.25, -0.2) is 4.42 Å². The summed E-state index contributed by atoms with van der Waals surface area (Å²) in [7, 11) is 0. The Bertz CT molecular complexity index is 953. The summed E-state index contributed by atoms with van der Waals surface area (Å²) < 4.78 is 5.88. The van der Waals surface area contributed by atoms with Crippen LogP contribution in [0.2, 0.25) is 0 Å². The van der Waals surface area contributed by atoms with Gasteiger partial charge in [-0.3, -0.25) is 0 Å². The minimum absolute atomic E-state index is 0.456. The van der Waals surface area contributed by atoms with Gasteiger partial charge in [0.25, 0.3) is 0 Å². The highest BCUT2D eigenvalue weighted by Gasteiger charge is 2.44. The van der Waals surface area contributed by atoms with Crippen LogP contribution in [-0.2, 0) is 10.0 Å². The molecule has 0 spiro atoms. The molecule has 0 atom stereocenters. The Morgan fingerprint density at radius 3 is 1.62 bits per heavy atom. The maximum absolute atomic E-state index is 5.88. The lowest BCUT2D eigenvalue weighted by Crippen LogP contribution is -2.23. The van der Waals surface area contributed by atoms with Crippen LogP contribution in [0, 0.1) is 0 Å². The Balaban J connectivity index is 0.000000157. The van der Waals surface area contributed by atoms with Crippen molar-refractivity contribution < 1.29 is 4.42 Å². The summed E-state index contributed by atoms with van der Waals surface area (Å²) in [6.45, 7) is 0. The zero-order valence-corrected chi connectivity index (χ0v) is 14.1. The van der Waals surface area contributed by atoms with Crippen molar-refractivity contribution in [3.8, 4) is 0 Å². The lowest BCUT2D eigenvalue weighted by atomic mass is 9.86. The molecule has 0 fully saturated rings. The number of benzene rings is 3. The Labute approximate surface area is 151 Å². The third kappa shape index (κ3) is 3.05. The fraction of sp³-hybridized carbons (Fsp3) is 0.0455. The predicted octanol–water partition coefficient (Wildman–Crippen LogP) is 3.82. The van der Waals surface area contributed by atoms with Gasteiger partial charge < -0.3 is 15.4 Å². The fourth-order valence-electron chi connectivity index (χ4n) is 2.98. The molecule has 0 radical (unpaired) electrons. The smallest absolute Gasteiger partial charge is 0.350 e. The van der Waals surface area contributed by atoms with Gasteiger partial charge in [-0.1, -0.05) is 48.5 Å². The predicted molar refractivity (Wildman–Crippen MR) is 102 cm³/mol. The quantitative estimate of drug-likeness (QED) is 0.412. The standard InChI is InChI=1S/C16H13O.C6H4N3/c1-3-8-14(9-4-1)16(12-7-13-17-16)15-10-5-2-6-11-15;1-2-4-6-5(3-1)7-9-8-6/h1-13H;1-4H/q+1;-1. The van der Waals surface area contributed by atoms with Crippen LogP contribution in [0.15, 0.2) is 97.1 Å². The molecule has 2 heterocycles. The van der Waals surface area contributed by atoms with Gasteiger partial charge >= 0.3 is 11.9 Å². The highest BCUT2D eigenvalue weighted by molar-refractivity contribution is 5.72. The van der Waals surface area contributed by atoms with Crippen molar-refractivity contribution in [1.82, 2.24) is 15.4 Å². The zero-order chi connectivity index (χ0) is 17.7. The molecule has 0 aliphatic carbocycles. The largest absolute Gasteiger partial charge is 0.492 e. The van der Waals surface area contributed by atoms with Crippen LogP contribution in [0.25, 0.3) is 11.0 Å². The maximum atomic E-state index is 5.88. The summed E-state index contributed by atoms with van der Waals surface area (Å²) >= 11 is 0. The molecule has 4 aromatic rings. The van der Waals surface area contributed by atoms with Gasteiger partial charge in [0.15, 0.2) is 0 Å². The van der Waals surface area contributed by atoms with E-state index in [2.05, 4.69) is 45.8 Å². The summed E-state index contributed by atoms with van der Waals surface area (Å²) in [6.07, 6.45) is 5.80. The number of allylic oxidation sites excluding steroid dienone is 1. The molecule has 1 aliphatic rings. The topological polar surface area (TPSA) is 51.2 Å². The molecule has 0 saturated carbocycles. The van der Waals surface area contributed by atoms with E-state index >= 15 is 0 Å². The number of hydrogen-bond donors (Lipinski definition) is 0. The monoisotopic (exact) mass is 339 g/mol. The van der Waals surface area contributed by atoms with Gasteiger partial charge in [0.1, 0.15) is 0 Å². The Morgan fingerprint density at radius 2 is 1.15 bits per heavy atom. The van der Waals surface area contributed by atoms with Gasteiger partial charge in [-0.15, -0.1) is 0 Å². The van der Waals surface area contributed by atoms with Crippen molar-refractivity contribution >= 4 is 17.3 Å². The third-order valence-electron chi connectivity index (χ3n) is 4.26. The summed E-state index contributed by atoms with van der Waals surface area (Å²) in [5.41, 5.74) is 3.56. The molecule has 26 heavy (non-hydrogen) atoms. The number of rotatable bonds is 2. The highest BCUT2D eigenvalue weighted by Crippen LogP contribution is 2.34. The number of aldehydes is 1. The van der Waals surface area contributed by atoms with E-state index in [1.807, 2.05) is 66.7 Å². The summed E-state index contributed by atoms with van der Waals surface area (Å²) in [5, 5.41) is 11.0. The second-order valence-corrected chi connectivity index (χ2v) is 5.86. The number of fused-ring (bicyclic) bond motifs is 1. The SMILES string of the molecule is C1=CC(c2ccccc2)(c2ccccc2)[O+]=C1.c1ccc2n[n-]nc2c1. The fourth-order valence-corrected chi connectivity index (χ4v) is 2.98. The molecule has 4 nitrogen and oxygen atoms in total. The average Bonchev–Trinajstić information content (AvgIpc) is 3.40. The van der Waals surface area contributed by atoms with Gasteiger partial charge in [0.2, 0.25) is 0 Å². The molecule has 0 bridgehead atoms. The molecule has 1 aliphatic heterocycles. The molecular formula is C22H17N3O. The summed E-state index contributed by atoms with van der Waals surface area (Å²) in [4.78, 5) is 0. The van der Waals surface area contributed by atoms with Gasteiger partial charge in [0.05, 0.1) is 22.2 Å². The van der Waals surface area contributed by atoms with Crippen molar-refractivity contribution in [3.05, 3.63) is 108 Å². The van der Waals surface area contributed by atoms with E-state index in [1.54, 1.807) is 6.29 Å². The zero-order valence-electron chi connectivity index (χ0n) is 14.1. The highest BCUT2D eigenvalue weighted by atomic mass is 16.4. The van der Waals surface area contributed by atoms with Crippen molar-refractivity contribution in [1.29, 1.82) is 0 Å². The van der Waals surface area contributed by atoms with Crippen LogP contribution >= 0.6 is 0 Å². The number of aromatic nitrogens is 3. The second kappa shape index (κ2) is 7.15. The van der Waals surface area contributed by atoms with Crippen molar-refractivity contribution in [2.75, 3.05) is 0 Å². The van der Waals surface area contributed by atoms with Crippen LogP contribution in [0.1, 0.15) is 11.1 Å². The number of nitrogens with zero attached hydrogens (tertiary/aromatic N) is 3. The average molecular weight is 339 g/mol. The molecule has 1 aromatic heterocycles. The summed E-state index contributed by atoms with van der Waals surface area (Å²) in [5.74, 6) is 0. The first kappa shape index (κ1) is 16.0. The van der Waals surface area contributed by atoms with E-state index in [0.717, 1.165) is 22.2 Å². The van der Waals surface area contributed by atoms with E-state index < -0.39 is 5.60 Å². The molecule has 0 amide bonds. The van der Waals surface area contributed by atoms with Gasteiger partial charge in [-0.2, -0.15) is 0 Å². The second-order valence-electron chi connectivity index (χ2n) is 5.86. The van der Waals surface area contributed by atoms with Gasteiger partial charge in [-0.05, 0) is 36.4 Å². The maximum Gasteiger partial charge on any atom is 0.350 e. The molecular weight excluding hydrogens is 322 g/mol. The lowest BCUT2D eigenvalue weighted by molar-refractivity contribution is -0.524. The van der Waals surface area contributed by atoms with Crippen LogP contribution in [-0.4, -0.2) is 16.5 Å². The van der Waals surface area contributed by atoms with Crippen molar-refractivity contribution in [3.63, 3.8) is 0 Å². The van der Waals surface area contributed by atoms with E-state index in [-0.39, 0.29) is 0 Å². The molecule has 3 aromatic carbocycles. The first-order valence-corrected chi connectivity index (χ1v) is 8.39. The Morgan fingerprint density at radius 1 is 0.654 bits per heavy atom. The van der Waals surface area contributed by atoms with E-state index in [1.165, 1.54) is 0 Å². The van der Waals surface area contributed by atoms with E-state index in [4.69, 9.17) is 4.42 Å². The summed E-state index contributed by atoms with van der Waals surface area (Å²) in [6, 6.07) is 28.2. The van der Waals surface area contributed by atoms with E-state index in [0.29, 0.717) is 0 Å². The first-order valence-electron chi connectivity index (χ1n) is 8.39. The Hall–Kier alpha value is -3.53. The number of carbonyl (C=O) groups excluding carboxylic acids is 1. The molecule has 0 unspecified atom stereocenters. The Kier molecular flexibility index (Phi) is 4.39. The lowest BCUT2D eigenvalue weighted by Gasteiger charge is -2.14. The molecule has 126 valence electrons. The molecule has 0 saturated heterocycles. The van der Waals surface area contributed by atoms with Crippen LogP contribution in [0.5, 0.6) is 0 Å². The third-order valence-corrected chi connectivity index (χ3v) is 4.26. The molecule has 0 N–H and O–H groups in total.